The number of piperazine rings is 1. The Morgan fingerprint density at radius 3 is 2.52 bits per heavy atom. The predicted molar refractivity (Wildman–Crippen MR) is 103 cm³/mol. The topological polar surface area (TPSA) is 39.7 Å². The lowest BCUT2D eigenvalue weighted by Gasteiger charge is -2.34. The Labute approximate surface area is 152 Å². The molecule has 4 nitrogen and oxygen atoms in total. The lowest BCUT2D eigenvalue weighted by atomic mass is 10.1. The average Bonchev–Trinajstić information content (AvgIpc) is 3.04. The summed E-state index contributed by atoms with van der Waals surface area (Å²) in [5.41, 5.74) is 3.66. The highest BCUT2D eigenvalue weighted by molar-refractivity contribution is 7.08. The van der Waals surface area contributed by atoms with Crippen LogP contribution < -0.4 is 10.6 Å². The number of fused-ring (bicyclic) bond motifs is 1. The first-order chi connectivity index (χ1) is 10.4. The van der Waals surface area contributed by atoms with Gasteiger partial charge in [-0.3, -0.25) is 0 Å². The molecule has 1 unspecified atom stereocenters. The first-order valence-electron chi connectivity index (χ1n) is 7.33. The number of amidine groups is 1. The number of hydrogen-bond donors (Lipinski definition) is 2. The van der Waals surface area contributed by atoms with Gasteiger partial charge < -0.3 is 15.5 Å². The van der Waals surface area contributed by atoms with Crippen molar-refractivity contribution in [1.29, 1.82) is 0 Å². The fourth-order valence-corrected chi connectivity index (χ4v) is 3.64. The minimum atomic E-state index is 0. The van der Waals surface area contributed by atoms with Gasteiger partial charge in [0.2, 0.25) is 0 Å². The van der Waals surface area contributed by atoms with E-state index in [2.05, 4.69) is 50.6 Å². The second-order valence-corrected chi connectivity index (χ2v) is 6.09. The second-order valence-electron chi connectivity index (χ2n) is 5.35. The van der Waals surface area contributed by atoms with Crippen molar-refractivity contribution in [2.75, 3.05) is 31.5 Å². The molecular formula is C16H20Cl2N4S. The zero-order valence-electron chi connectivity index (χ0n) is 12.6. The van der Waals surface area contributed by atoms with Gasteiger partial charge in [-0.05, 0) is 5.56 Å². The molecule has 0 amide bonds. The van der Waals surface area contributed by atoms with Gasteiger partial charge in [0.25, 0.3) is 0 Å². The maximum atomic E-state index is 5.00. The van der Waals surface area contributed by atoms with Crippen molar-refractivity contribution in [1.82, 2.24) is 10.2 Å². The fourth-order valence-electron chi connectivity index (χ4n) is 2.88. The van der Waals surface area contributed by atoms with Crippen molar-refractivity contribution in [3.8, 4) is 0 Å². The molecule has 2 aliphatic heterocycles. The zero-order chi connectivity index (χ0) is 14.1. The Bertz CT molecular complexity index is 653. The van der Waals surface area contributed by atoms with Crippen molar-refractivity contribution in [3.05, 3.63) is 52.2 Å². The van der Waals surface area contributed by atoms with Gasteiger partial charge in [-0.2, -0.15) is 0 Å². The number of aliphatic imine (C=N–C) groups is 1. The Morgan fingerprint density at radius 1 is 1.04 bits per heavy atom. The summed E-state index contributed by atoms with van der Waals surface area (Å²) in [6.07, 6.45) is 0.0122. The molecule has 0 aliphatic carbocycles. The van der Waals surface area contributed by atoms with E-state index in [1.807, 2.05) is 6.07 Å². The van der Waals surface area contributed by atoms with Gasteiger partial charge in [-0.15, -0.1) is 36.2 Å². The lowest BCUT2D eigenvalue weighted by Crippen LogP contribution is -2.47. The van der Waals surface area contributed by atoms with Crippen LogP contribution in [-0.2, 0) is 0 Å². The number of halogens is 2. The summed E-state index contributed by atoms with van der Waals surface area (Å²) in [7, 11) is 0. The highest BCUT2D eigenvalue weighted by Gasteiger charge is 2.26. The Morgan fingerprint density at radius 2 is 1.78 bits per heavy atom. The zero-order valence-corrected chi connectivity index (χ0v) is 15.0. The van der Waals surface area contributed by atoms with E-state index in [1.165, 1.54) is 16.8 Å². The van der Waals surface area contributed by atoms with Crippen LogP contribution in [-0.4, -0.2) is 36.9 Å². The van der Waals surface area contributed by atoms with Crippen LogP contribution in [0.15, 0.2) is 46.1 Å². The first kappa shape index (κ1) is 18.1. The molecule has 1 saturated heterocycles. The van der Waals surface area contributed by atoms with Crippen LogP contribution in [0, 0.1) is 0 Å². The molecule has 1 aromatic carbocycles. The highest BCUT2D eigenvalue weighted by atomic mass is 35.5. The average molecular weight is 371 g/mol. The van der Waals surface area contributed by atoms with E-state index in [0.717, 1.165) is 32.0 Å². The van der Waals surface area contributed by atoms with E-state index in [9.17, 15) is 0 Å². The van der Waals surface area contributed by atoms with Crippen molar-refractivity contribution in [2.45, 2.75) is 6.17 Å². The van der Waals surface area contributed by atoms with Crippen molar-refractivity contribution < 1.29 is 0 Å². The molecule has 2 aliphatic rings. The lowest BCUT2D eigenvalue weighted by molar-refractivity contribution is 0.355. The molecule has 3 heterocycles. The van der Waals surface area contributed by atoms with E-state index in [0.29, 0.717) is 0 Å². The van der Waals surface area contributed by atoms with E-state index in [-0.39, 0.29) is 31.0 Å². The quantitative estimate of drug-likeness (QED) is 0.808. The maximum absolute atomic E-state index is 5.00. The molecule has 7 heteroatoms. The minimum Gasteiger partial charge on any atom is -0.359 e. The number of hydrogen-bond acceptors (Lipinski definition) is 5. The molecule has 23 heavy (non-hydrogen) atoms. The van der Waals surface area contributed by atoms with E-state index in [1.54, 1.807) is 11.3 Å². The van der Waals surface area contributed by atoms with Gasteiger partial charge >= 0.3 is 0 Å². The van der Waals surface area contributed by atoms with Gasteiger partial charge in [0.1, 0.15) is 12.0 Å². The Balaban J connectivity index is 0.000000960. The van der Waals surface area contributed by atoms with Gasteiger partial charge in [0, 0.05) is 36.9 Å². The molecular weight excluding hydrogens is 351 g/mol. The highest BCUT2D eigenvalue weighted by Crippen LogP contribution is 2.33. The monoisotopic (exact) mass is 370 g/mol. The van der Waals surface area contributed by atoms with Crippen LogP contribution in [0.2, 0.25) is 0 Å². The number of nitrogens with zero attached hydrogens (tertiary/aromatic N) is 2. The van der Waals surface area contributed by atoms with Crippen LogP contribution in [0.1, 0.15) is 17.3 Å². The van der Waals surface area contributed by atoms with Crippen LogP contribution in [0.5, 0.6) is 0 Å². The Hall–Kier alpha value is -1.27. The van der Waals surface area contributed by atoms with Gasteiger partial charge in [0.15, 0.2) is 0 Å². The molecule has 0 saturated carbocycles. The van der Waals surface area contributed by atoms with Crippen LogP contribution in [0.4, 0.5) is 5.69 Å². The summed E-state index contributed by atoms with van der Waals surface area (Å²) in [4.78, 5) is 7.40. The van der Waals surface area contributed by atoms with E-state index < -0.39 is 0 Å². The molecule has 1 aromatic heterocycles. The molecule has 0 radical (unpaired) electrons. The van der Waals surface area contributed by atoms with E-state index in [4.69, 9.17) is 4.99 Å². The van der Waals surface area contributed by atoms with Crippen LogP contribution >= 0.6 is 36.2 Å². The third-order valence-electron chi connectivity index (χ3n) is 3.98. The number of thiophene rings is 1. The second kappa shape index (κ2) is 8.02. The minimum absolute atomic E-state index is 0. The first-order valence-corrected chi connectivity index (χ1v) is 8.27. The third-order valence-corrected chi connectivity index (χ3v) is 4.72. The summed E-state index contributed by atoms with van der Waals surface area (Å²) in [5.74, 6) is 1.14. The summed E-state index contributed by atoms with van der Waals surface area (Å²) in [5, 5.41) is 11.3. The molecule has 2 aromatic rings. The maximum Gasteiger partial charge on any atom is 0.147 e. The summed E-state index contributed by atoms with van der Waals surface area (Å²) in [6.45, 7) is 4.11. The molecule has 2 N–H and O–H groups in total. The normalized spacial score (nSPS) is 19.6. The molecule has 0 spiro atoms. The predicted octanol–water partition coefficient (Wildman–Crippen LogP) is 3.37. The van der Waals surface area contributed by atoms with Crippen molar-refractivity contribution >= 4 is 47.7 Å². The Kier molecular flexibility index (Phi) is 6.30. The summed E-state index contributed by atoms with van der Waals surface area (Å²) < 4.78 is 0. The van der Waals surface area contributed by atoms with Gasteiger partial charge in [0.05, 0.1) is 11.3 Å². The molecule has 1 atom stereocenters. The van der Waals surface area contributed by atoms with Gasteiger partial charge in [-0.1, -0.05) is 30.3 Å². The molecule has 1 fully saturated rings. The third kappa shape index (κ3) is 3.63. The number of benzene rings is 1. The van der Waals surface area contributed by atoms with Crippen LogP contribution in [0.25, 0.3) is 0 Å². The van der Waals surface area contributed by atoms with Crippen molar-refractivity contribution in [2.24, 2.45) is 4.99 Å². The number of rotatable bonds is 1. The molecule has 124 valence electrons. The molecule has 4 rings (SSSR count). The largest absolute Gasteiger partial charge is 0.359 e. The standard InChI is InChI=1S/C16H18N4S.2ClH/c1-2-4-12(5-3-1)15-18-14-11-21-10-13(14)16(19-15)20-8-6-17-7-9-20;;/h1-5,10-11,15,17-18H,6-9H2;2*1H. The summed E-state index contributed by atoms with van der Waals surface area (Å²) >= 11 is 1.73. The van der Waals surface area contributed by atoms with Gasteiger partial charge in [-0.25, -0.2) is 4.99 Å². The molecule has 0 bridgehead atoms. The fraction of sp³-hybridized carbons (Fsp3) is 0.312. The summed E-state index contributed by atoms with van der Waals surface area (Å²) in [6, 6.07) is 10.4. The van der Waals surface area contributed by atoms with Crippen LogP contribution in [0.3, 0.4) is 0 Å². The SMILES string of the molecule is Cl.Cl.c1ccc(C2N=C(N3CCNCC3)c3cscc3N2)cc1. The van der Waals surface area contributed by atoms with Crippen molar-refractivity contribution in [3.63, 3.8) is 0 Å². The smallest absolute Gasteiger partial charge is 0.147 e. The number of anilines is 1. The van der Waals surface area contributed by atoms with E-state index >= 15 is 0 Å². The number of nitrogens with one attached hydrogen (secondary N) is 2.